The Morgan fingerprint density at radius 1 is 1.41 bits per heavy atom. The van der Waals surface area contributed by atoms with Gasteiger partial charge in [0.2, 0.25) is 0 Å². The van der Waals surface area contributed by atoms with Crippen LogP contribution in [0.3, 0.4) is 0 Å². The summed E-state index contributed by atoms with van der Waals surface area (Å²) in [4.78, 5) is 4.64. The maximum atomic E-state index is 13.8. The molecule has 1 aliphatic rings. The number of hydrogen-bond donors (Lipinski definition) is 1. The third-order valence-corrected chi connectivity index (χ3v) is 4.20. The summed E-state index contributed by atoms with van der Waals surface area (Å²) in [5.74, 6) is 1.81. The van der Waals surface area contributed by atoms with Gasteiger partial charge in [-0.2, -0.15) is 5.10 Å². The Morgan fingerprint density at radius 2 is 2.23 bits per heavy atom. The van der Waals surface area contributed by atoms with Crippen molar-refractivity contribution in [2.45, 2.75) is 58.2 Å². The van der Waals surface area contributed by atoms with Gasteiger partial charge in [-0.15, -0.1) is 0 Å². The fraction of sp³-hybridized carbons (Fsp3) is 0.529. The van der Waals surface area contributed by atoms with Crippen LogP contribution < -0.4 is 5.32 Å². The lowest BCUT2D eigenvalue weighted by Crippen LogP contribution is -2.36. The molecule has 1 aromatic heterocycles. The largest absolute Gasteiger partial charge is 0.304 e. The van der Waals surface area contributed by atoms with Crippen molar-refractivity contribution >= 4 is 0 Å². The second-order valence-electron chi connectivity index (χ2n) is 6.02. The van der Waals surface area contributed by atoms with E-state index in [1.165, 1.54) is 6.07 Å². The van der Waals surface area contributed by atoms with Crippen LogP contribution in [0.1, 0.15) is 49.9 Å². The second-order valence-corrected chi connectivity index (χ2v) is 6.02. The average Bonchev–Trinajstić information content (AvgIpc) is 2.94. The lowest BCUT2D eigenvalue weighted by Gasteiger charge is -2.26. The molecular weight excluding hydrogens is 279 g/mol. The van der Waals surface area contributed by atoms with Crippen molar-refractivity contribution in [2.75, 3.05) is 0 Å². The van der Waals surface area contributed by atoms with E-state index in [1.807, 2.05) is 16.8 Å². The zero-order valence-electron chi connectivity index (χ0n) is 13.2. The Hall–Kier alpha value is -1.75. The molecule has 2 atom stereocenters. The van der Waals surface area contributed by atoms with E-state index in [0.717, 1.165) is 43.0 Å². The summed E-state index contributed by atoms with van der Waals surface area (Å²) in [7, 11) is 0. The van der Waals surface area contributed by atoms with Crippen LogP contribution in [0.2, 0.25) is 0 Å². The lowest BCUT2D eigenvalue weighted by molar-refractivity contribution is 0.339. The standard InChI is InChI=1S/C17H23FN4/c1-3-16-20-17-15(9-6-10-22(17)21-16)19-12(2)11-13-7-4-5-8-14(13)18/h4-5,7-8,12,15,19H,3,6,9-11H2,1-2H3/t12-,15-/m0/s1. The number of rotatable bonds is 5. The van der Waals surface area contributed by atoms with Gasteiger partial charge in [0.15, 0.2) is 5.82 Å². The number of aromatic nitrogens is 3. The molecule has 2 heterocycles. The molecule has 22 heavy (non-hydrogen) atoms. The van der Waals surface area contributed by atoms with Gasteiger partial charge in [0, 0.05) is 19.0 Å². The summed E-state index contributed by atoms with van der Waals surface area (Å²) >= 11 is 0. The third kappa shape index (κ3) is 3.19. The fourth-order valence-corrected chi connectivity index (χ4v) is 3.10. The Balaban J connectivity index is 1.69. The minimum Gasteiger partial charge on any atom is -0.304 e. The molecule has 3 rings (SSSR count). The van der Waals surface area contributed by atoms with Gasteiger partial charge in [0.05, 0.1) is 6.04 Å². The number of nitrogens with zero attached hydrogens (tertiary/aromatic N) is 3. The first-order valence-corrected chi connectivity index (χ1v) is 8.10. The smallest absolute Gasteiger partial charge is 0.150 e. The van der Waals surface area contributed by atoms with Gasteiger partial charge in [-0.05, 0) is 37.8 Å². The van der Waals surface area contributed by atoms with Crippen molar-refractivity contribution < 1.29 is 4.39 Å². The molecule has 0 amide bonds. The van der Waals surface area contributed by atoms with Crippen molar-refractivity contribution in [3.63, 3.8) is 0 Å². The van der Waals surface area contributed by atoms with Gasteiger partial charge in [0.1, 0.15) is 11.6 Å². The molecule has 0 saturated carbocycles. The zero-order valence-corrected chi connectivity index (χ0v) is 13.2. The summed E-state index contributed by atoms with van der Waals surface area (Å²) < 4.78 is 15.8. The molecule has 1 aliphatic heterocycles. The molecule has 0 aliphatic carbocycles. The summed E-state index contributed by atoms with van der Waals surface area (Å²) in [6.07, 6.45) is 3.70. The van der Waals surface area contributed by atoms with Crippen molar-refractivity contribution in [3.05, 3.63) is 47.3 Å². The van der Waals surface area contributed by atoms with Crippen LogP contribution in [0.25, 0.3) is 0 Å². The molecule has 1 aromatic carbocycles. The topological polar surface area (TPSA) is 42.7 Å². The predicted octanol–water partition coefficient (Wildman–Crippen LogP) is 3.04. The molecule has 0 radical (unpaired) electrons. The van der Waals surface area contributed by atoms with Crippen LogP contribution in [0.4, 0.5) is 4.39 Å². The second kappa shape index (κ2) is 6.57. The van der Waals surface area contributed by atoms with Gasteiger partial charge < -0.3 is 5.32 Å². The van der Waals surface area contributed by atoms with E-state index in [0.29, 0.717) is 6.42 Å². The maximum Gasteiger partial charge on any atom is 0.150 e. The van der Waals surface area contributed by atoms with Crippen molar-refractivity contribution in [3.8, 4) is 0 Å². The highest BCUT2D eigenvalue weighted by Gasteiger charge is 2.25. The number of fused-ring (bicyclic) bond motifs is 1. The van der Waals surface area contributed by atoms with Gasteiger partial charge in [-0.25, -0.2) is 14.1 Å². The molecule has 0 fully saturated rings. The average molecular weight is 302 g/mol. The van der Waals surface area contributed by atoms with E-state index in [2.05, 4.69) is 29.2 Å². The third-order valence-electron chi connectivity index (χ3n) is 4.20. The molecule has 0 bridgehead atoms. The first-order chi connectivity index (χ1) is 10.7. The van der Waals surface area contributed by atoms with Crippen LogP contribution >= 0.6 is 0 Å². The van der Waals surface area contributed by atoms with Crippen LogP contribution in [0.15, 0.2) is 24.3 Å². The Bertz CT molecular complexity index is 637. The van der Waals surface area contributed by atoms with Crippen LogP contribution in [-0.2, 0) is 19.4 Å². The first kappa shape index (κ1) is 15.2. The summed E-state index contributed by atoms with van der Waals surface area (Å²) in [6, 6.07) is 7.39. The van der Waals surface area contributed by atoms with Crippen molar-refractivity contribution in [2.24, 2.45) is 0 Å². The number of benzene rings is 1. The molecular formula is C17H23FN4. The minimum atomic E-state index is -0.128. The number of aryl methyl sites for hydroxylation is 2. The van der Waals surface area contributed by atoms with E-state index >= 15 is 0 Å². The fourth-order valence-electron chi connectivity index (χ4n) is 3.10. The van der Waals surface area contributed by atoms with Crippen LogP contribution in [0.5, 0.6) is 0 Å². The van der Waals surface area contributed by atoms with Gasteiger partial charge in [-0.1, -0.05) is 25.1 Å². The van der Waals surface area contributed by atoms with Gasteiger partial charge in [-0.3, -0.25) is 0 Å². The summed E-state index contributed by atoms with van der Waals surface area (Å²) in [5.41, 5.74) is 0.758. The first-order valence-electron chi connectivity index (χ1n) is 8.10. The number of halogens is 1. The molecule has 1 N–H and O–H groups in total. The molecule has 0 unspecified atom stereocenters. The molecule has 0 spiro atoms. The van der Waals surface area contributed by atoms with Gasteiger partial charge in [0.25, 0.3) is 0 Å². The molecule has 2 aromatic rings. The van der Waals surface area contributed by atoms with Crippen LogP contribution in [-0.4, -0.2) is 20.8 Å². The Morgan fingerprint density at radius 3 is 3.00 bits per heavy atom. The van der Waals surface area contributed by atoms with E-state index in [4.69, 9.17) is 0 Å². The number of nitrogens with one attached hydrogen (secondary N) is 1. The van der Waals surface area contributed by atoms with Crippen molar-refractivity contribution in [1.29, 1.82) is 0 Å². The highest BCUT2D eigenvalue weighted by Crippen LogP contribution is 2.24. The van der Waals surface area contributed by atoms with Gasteiger partial charge >= 0.3 is 0 Å². The summed E-state index contributed by atoms with van der Waals surface area (Å²) in [6.45, 7) is 5.12. The lowest BCUT2D eigenvalue weighted by atomic mass is 10.0. The van der Waals surface area contributed by atoms with Crippen molar-refractivity contribution in [1.82, 2.24) is 20.1 Å². The van der Waals surface area contributed by atoms with E-state index < -0.39 is 0 Å². The normalized spacial score (nSPS) is 19.0. The SMILES string of the molecule is CCc1nc2n(n1)CCC[C@@H]2N[C@@H](C)Cc1ccccc1F. The highest BCUT2D eigenvalue weighted by atomic mass is 19.1. The molecule has 118 valence electrons. The summed E-state index contributed by atoms with van der Waals surface area (Å²) in [5, 5.41) is 8.13. The molecule has 0 saturated heterocycles. The Labute approximate surface area is 130 Å². The van der Waals surface area contributed by atoms with E-state index in [9.17, 15) is 4.39 Å². The van der Waals surface area contributed by atoms with Crippen LogP contribution in [0, 0.1) is 5.82 Å². The molecule has 4 nitrogen and oxygen atoms in total. The van der Waals surface area contributed by atoms with E-state index in [-0.39, 0.29) is 17.9 Å². The zero-order chi connectivity index (χ0) is 15.5. The van der Waals surface area contributed by atoms with E-state index in [1.54, 1.807) is 6.07 Å². The highest BCUT2D eigenvalue weighted by molar-refractivity contribution is 5.18. The monoisotopic (exact) mass is 302 g/mol. The quantitative estimate of drug-likeness (QED) is 0.923. The minimum absolute atomic E-state index is 0.128. The number of hydrogen-bond acceptors (Lipinski definition) is 3. The molecule has 5 heteroatoms. The predicted molar refractivity (Wildman–Crippen MR) is 84.1 cm³/mol. The maximum absolute atomic E-state index is 13.8. The Kier molecular flexibility index (Phi) is 4.52.